The van der Waals surface area contributed by atoms with E-state index in [4.69, 9.17) is 0 Å². The van der Waals surface area contributed by atoms with E-state index in [2.05, 4.69) is 26.8 Å². The second-order valence-electron chi connectivity index (χ2n) is 4.75. The maximum atomic E-state index is 4.66. The minimum Gasteiger partial charge on any atom is -0.356 e. The van der Waals surface area contributed by atoms with Gasteiger partial charge >= 0.3 is 0 Å². The third-order valence-corrected chi connectivity index (χ3v) is 3.47. The Balaban J connectivity index is 1.80. The second-order valence-corrected chi connectivity index (χ2v) is 4.75. The summed E-state index contributed by atoms with van der Waals surface area (Å²) in [6.45, 7) is 2.28. The van der Waals surface area contributed by atoms with Crippen molar-refractivity contribution in [3.63, 3.8) is 0 Å². The Morgan fingerprint density at radius 3 is 2.75 bits per heavy atom. The first-order chi connectivity index (χ1) is 7.84. The largest absolute Gasteiger partial charge is 0.356 e. The third kappa shape index (κ3) is 1.84. The van der Waals surface area contributed by atoms with E-state index in [9.17, 15) is 0 Å². The normalized spacial score (nSPS) is 20.2. The molecule has 86 valence electrons. The molecule has 16 heavy (non-hydrogen) atoms. The van der Waals surface area contributed by atoms with Gasteiger partial charge in [-0.15, -0.1) is 0 Å². The van der Waals surface area contributed by atoms with Crippen LogP contribution in [0, 0.1) is 0 Å². The Morgan fingerprint density at radius 2 is 2.06 bits per heavy atom. The molecule has 4 heteroatoms. The lowest BCUT2D eigenvalue weighted by Crippen LogP contribution is -2.24. The maximum Gasteiger partial charge on any atom is 0.227 e. The maximum absolute atomic E-state index is 4.66. The van der Waals surface area contributed by atoms with Crippen molar-refractivity contribution >= 4 is 11.8 Å². The highest BCUT2D eigenvalue weighted by Crippen LogP contribution is 2.29. The fourth-order valence-corrected chi connectivity index (χ4v) is 2.26. The highest BCUT2D eigenvalue weighted by Gasteiger charge is 2.28. The van der Waals surface area contributed by atoms with E-state index in [0.29, 0.717) is 6.04 Å². The summed E-state index contributed by atoms with van der Waals surface area (Å²) in [5.41, 5.74) is 0. The van der Waals surface area contributed by atoms with Gasteiger partial charge in [0.2, 0.25) is 5.95 Å². The van der Waals surface area contributed by atoms with Crippen LogP contribution in [0.2, 0.25) is 0 Å². The number of rotatable bonds is 3. The zero-order valence-electron chi connectivity index (χ0n) is 9.76. The fourth-order valence-electron chi connectivity index (χ4n) is 2.26. The summed E-state index contributed by atoms with van der Waals surface area (Å²) in [6, 6.07) is 2.70. The van der Waals surface area contributed by atoms with E-state index < -0.39 is 0 Å². The predicted molar refractivity (Wildman–Crippen MR) is 64.9 cm³/mol. The van der Waals surface area contributed by atoms with Gasteiger partial charge in [0.15, 0.2) is 0 Å². The number of aromatic nitrogens is 2. The molecule has 2 fully saturated rings. The van der Waals surface area contributed by atoms with Gasteiger partial charge in [-0.3, -0.25) is 0 Å². The summed E-state index contributed by atoms with van der Waals surface area (Å²) in [4.78, 5) is 13.6. The van der Waals surface area contributed by atoms with E-state index in [1.54, 1.807) is 0 Å². The van der Waals surface area contributed by atoms with Crippen molar-refractivity contribution in [1.29, 1.82) is 0 Å². The molecule has 0 unspecified atom stereocenters. The van der Waals surface area contributed by atoms with Crippen molar-refractivity contribution in [2.24, 2.45) is 0 Å². The van der Waals surface area contributed by atoms with Crippen LogP contribution in [0.25, 0.3) is 0 Å². The molecule has 1 saturated carbocycles. The van der Waals surface area contributed by atoms with Crippen LogP contribution < -0.4 is 9.80 Å². The molecule has 1 aliphatic carbocycles. The molecule has 4 nitrogen and oxygen atoms in total. The molecule has 0 N–H and O–H groups in total. The van der Waals surface area contributed by atoms with Gasteiger partial charge in [0, 0.05) is 32.4 Å². The molecular weight excluding hydrogens is 200 g/mol. The lowest BCUT2D eigenvalue weighted by atomic mass is 10.4. The summed E-state index contributed by atoms with van der Waals surface area (Å²) in [7, 11) is 2.10. The highest BCUT2D eigenvalue weighted by atomic mass is 15.3. The molecule has 1 aromatic heterocycles. The molecule has 3 rings (SSSR count). The van der Waals surface area contributed by atoms with Crippen molar-refractivity contribution < 1.29 is 0 Å². The van der Waals surface area contributed by atoms with Crippen LogP contribution in [0.4, 0.5) is 11.8 Å². The van der Waals surface area contributed by atoms with Crippen molar-refractivity contribution in [1.82, 2.24) is 9.97 Å². The molecule has 2 aliphatic rings. The Labute approximate surface area is 96.3 Å². The van der Waals surface area contributed by atoms with Crippen LogP contribution in [0.5, 0.6) is 0 Å². The van der Waals surface area contributed by atoms with Crippen LogP contribution in [-0.4, -0.2) is 36.1 Å². The number of anilines is 2. The lowest BCUT2D eigenvalue weighted by Gasteiger charge is -2.20. The fraction of sp³-hybridized carbons (Fsp3) is 0.667. The minimum atomic E-state index is 0.675. The Hall–Kier alpha value is -1.32. The van der Waals surface area contributed by atoms with Crippen LogP contribution in [-0.2, 0) is 0 Å². The van der Waals surface area contributed by atoms with E-state index in [0.717, 1.165) is 24.9 Å². The first kappa shape index (κ1) is 9.87. The number of hydrogen-bond donors (Lipinski definition) is 0. The third-order valence-electron chi connectivity index (χ3n) is 3.47. The average molecular weight is 218 g/mol. The first-order valence-corrected chi connectivity index (χ1v) is 6.15. The summed E-state index contributed by atoms with van der Waals surface area (Å²) in [5, 5.41) is 0. The smallest absolute Gasteiger partial charge is 0.227 e. The molecule has 1 aliphatic heterocycles. The Morgan fingerprint density at radius 1 is 1.31 bits per heavy atom. The summed E-state index contributed by atoms with van der Waals surface area (Å²) in [5.74, 6) is 1.97. The Bertz CT molecular complexity index is 352. The molecule has 0 aromatic carbocycles. The first-order valence-electron chi connectivity index (χ1n) is 6.15. The van der Waals surface area contributed by atoms with Crippen LogP contribution >= 0.6 is 0 Å². The quantitative estimate of drug-likeness (QED) is 0.772. The van der Waals surface area contributed by atoms with Crippen molar-refractivity contribution in [3.05, 3.63) is 12.3 Å². The monoisotopic (exact) mass is 218 g/mol. The highest BCUT2D eigenvalue weighted by molar-refractivity contribution is 5.45. The van der Waals surface area contributed by atoms with Gasteiger partial charge in [-0.2, -0.15) is 4.98 Å². The lowest BCUT2D eigenvalue weighted by molar-refractivity contribution is 0.846. The topological polar surface area (TPSA) is 32.3 Å². The zero-order valence-corrected chi connectivity index (χ0v) is 9.76. The Kier molecular flexibility index (Phi) is 2.42. The minimum absolute atomic E-state index is 0.675. The van der Waals surface area contributed by atoms with E-state index in [1.807, 2.05) is 12.3 Å². The molecule has 0 radical (unpaired) electrons. The van der Waals surface area contributed by atoms with Gasteiger partial charge < -0.3 is 9.80 Å². The average Bonchev–Trinajstić information content (AvgIpc) is 3.03. The molecule has 0 spiro atoms. The predicted octanol–water partition coefficient (Wildman–Crippen LogP) is 1.68. The standard InChI is InChI=1S/C12H18N4/c1-15(10-4-5-10)12-13-7-6-11(14-12)16-8-2-3-9-16/h6-7,10H,2-5,8-9H2,1H3. The van der Waals surface area contributed by atoms with Crippen LogP contribution in [0.15, 0.2) is 12.3 Å². The van der Waals surface area contributed by atoms with Gasteiger partial charge in [0.25, 0.3) is 0 Å². The molecule has 1 saturated heterocycles. The SMILES string of the molecule is CN(c1nccc(N2CCCC2)n1)C1CC1. The molecule has 1 aromatic rings. The molecule has 0 bridgehead atoms. The van der Waals surface area contributed by atoms with Crippen LogP contribution in [0.3, 0.4) is 0 Å². The molecular formula is C12H18N4. The van der Waals surface area contributed by atoms with Crippen molar-refractivity contribution in [2.45, 2.75) is 31.7 Å². The molecule has 0 atom stereocenters. The van der Waals surface area contributed by atoms with E-state index >= 15 is 0 Å². The van der Waals surface area contributed by atoms with Crippen LogP contribution in [0.1, 0.15) is 25.7 Å². The summed E-state index contributed by atoms with van der Waals surface area (Å²) in [6.07, 6.45) is 7.03. The second kappa shape index (κ2) is 3.92. The number of hydrogen-bond acceptors (Lipinski definition) is 4. The zero-order chi connectivity index (χ0) is 11.0. The van der Waals surface area contributed by atoms with E-state index in [-0.39, 0.29) is 0 Å². The summed E-state index contributed by atoms with van der Waals surface area (Å²) >= 11 is 0. The van der Waals surface area contributed by atoms with Gasteiger partial charge in [-0.05, 0) is 31.7 Å². The van der Waals surface area contributed by atoms with Crippen molar-refractivity contribution in [2.75, 3.05) is 29.9 Å². The number of nitrogens with zero attached hydrogens (tertiary/aromatic N) is 4. The summed E-state index contributed by atoms with van der Waals surface area (Å²) < 4.78 is 0. The molecule has 2 heterocycles. The van der Waals surface area contributed by atoms with E-state index in [1.165, 1.54) is 25.7 Å². The van der Waals surface area contributed by atoms with Gasteiger partial charge in [-0.25, -0.2) is 4.98 Å². The van der Waals surface area contributed by atoms with Crippen molar-refractivity contribution in [3.8, 4) is 0 Å². The molecule has 0 amide bonds. The van der Waals surface area contributed by atoms with Gasteiger partial charge in [0.1, 0.15) is 5.82 Å². The van der Waals surface area contributed by atoms with Gasteiger partial charge in [0.05, 0.1) is 0 Å². The van der Waals surface area contributed by atoms with Gasteiger partial charge in [-0.1, -0.05) is 0 Å².